The van der Waals surface area contributed by atoms with Crippen LogP contribution in [0.15, 0.2) is 89.8 Å². The van der Waals surface area contributed by atoms with Crippen molar-refractivity contribution >= 4 is 29.3 Å². The maximum Gasteiger partial charge on any atom is 0.321 e. The zero-order chi connectivity index (χ0) is 22.8. The van der Waals surface area contributed by atoms with E-state index >= 15 is 0 Å². The van der Waals surface area contributed by atoms with Crippen molar-refractivity contribution in [3.8, 4) is 33.1 Å². The molecule has 1 aliphatic heterocycles. The summed E-state index contributed by atoms with van der Waals surface area (Å²) in [6, 6.07) is 28.2. The Bertz CT molecular complexity index is 1230. The van der Waals surface area contributed by atoms with Gasteiger partial charge in [-0.3, -0.25) is 4.79 Å². The van der Waals surface area contributed by atoms with Gasteiger partial charge in [0.1, 0.15) is 17.5 Å². The summed E-state index contributed by atoms with van der Waals surface area (Å²) in [5.74, 6) is 0.886. The van der Waals surface area contributed by atoms with Crippen LogP contribution in [-0.4, -0.2) is 21.4 Å². The molecule has 0 saturated heterocycles. The lowest BCUT2D eigenvalue weighted by Gasteiger charge is -2.20. The summed E-state index contributed by atoms with van der Waals surface area (Å²) in [4.78, 5) is 15.1. The molecule has 1 unspecified atom stereocenters. The molecule has 6 heteroatoms. The average Bonchev–Trinajstić information content (AvgIpc) is 3.40. The third kappa shape index (κ3) is 4.69. The number of hydrogen-bond donors (Lipinski definition) is 1. The van der Waals surface area contributed by atoms with E-state index < -0.39 is 12.0 Å². The molecule has 1 atom stereocenters. The van der Waals surface area contributed by atoms with Gasteiger partial charge in [-0.15, -0.1) is 11.3 Å². The Labute approximate surface area is 201 Å². The molecule has 1 aromatic heterocycles. The molecule has 1 N–H and O–H groups in total. The van der Waals surface area contributed by atoms with Crippen LogP contribution in [-0.2, 0) is 11.3 Å². The number of aliphatic carboxylic acids is 1. The third-order valence-electron chi connectivity index (χ3n) is 5.64. The predicted octanol–water partition coefficient (Wildman–Crippen LogP) is 7.56. The molecule has 0 amide bonds. The molecule has 4 nitrogen and oxygen atoms in total. The number of benzene rings is 3. The summed E-state index contributed by atoms with van der Waals surface area (Å²) >= 11 is 3.32. The molecule has 33 heavy (non-hydrogen) atoms. The molecule has 2 heterocycles. The van der Waals surface area contributed by atoms with Crippen LogP contribution in [0.3, 0.4) is 0 Å². The van der Waals surface area contributed by atoms with E-state index in [4.69, 9.17) is 4.74 Å². The number of ether oxygens (including phenoxy) is 1. The van der Waals surface area contributed by atoms with Crippen LogP contribution in [0.4, 0.5) is 0 Å². The highest BCUT2D eigenvalue weighted by Gasteiger charge is 2.32. The number of thiophene rings is 1. The largest absolute Gasteiger partial charge is 0.480 e. The van der Waals surface area contributed by atoms with E-state index in [-0.39, 0.29) is 0 Å². The highest BCUT2D eigenvalue weighted by Crippen LogP contribution is 2.45. The molecule has 4 aromatic rings. The second kappa shape index (κ2) is 9.43. The van der Waals surface area contributed by atoms with Gasteiger partial charge < -0.3 is 9.84 Å². The second-order valence-corrected chi connectivity index (χ2v) is 10.1. The molecule has 0 saturated carbocycles. The van der Waals surface area contributed by atoms with E-state index in [1.807, 2.05) is 53.7 Å². The van der Waals surface area contributed by atoms with Crippen molar-refractivity contribution in [2.45, 2.75) is 30.8 Å². The molecular formula is C27H23NO3S2. The Balaban J connectivity index is 1.27. The summed E-state index contributed by atoms with van der Waals surface area (Å²) in [5, 5.41) is 9.43. The van der Waals surface area contributed by atoms with Gasteiger partial charge in [0, 0.05) is 21.2 Å². The van der Waals surface area contributed by atoms with Crippen LogP contribution < -0.4 is 4.74 Å². The fourth-order valence-corrected chi connectivity index (χ4v) is 6.49. The normalized spacial score (nSPS) is 14.1. The van der Waals surface area contributed by atoms with Crippen molar-refractivity contribution < 1.29 is 14.6 Å². The van der Waals surface area contributed by atoms with Gasteiger partial charge >= 0.3 is 5.97 Å². The van der Waals surface area contributed by atoms with Gasteiger partial charge in [0.25, 0.3) is 0 Å². The lowest BCUT2D eigenvalue weighted by atomic mass is 10.0. The Kier molecular flexibility index (Phi) is 6.22. The fourth-order valence-electron chi connectivity index (χ4n) is 3.88. The monoisotopic (exact) mass is 473 g/mol. The minimum atomic E-state index is -0.754. The van der Waals surface area contributed by atoms with Crippen LogP contribution >= 0.6 is 23.3 Å². The molecule has 1 aliphatic rings. The Morgan fingerprint density at radius 1 is 0.939 bits per heavy atom. The Morgan fingerprint density at radius 2 is 1.55 bits per heavy atom. The first-order chi connectivity index (χ1) is 16.1. The van der Waals surface area contributed by atoms with Crippen LogP contribution in [0.5, 0.6) is 11.5 Å². The zero-order valence-electron chi connectivity index (χ0n) is 18.1. The predicted molar refractivity (Wildman–Crippen MR) is 135 cm³/mol. The van der Waals surface area contributed by atoms with E-state index in [0.717, 1.165) is 22.6 Å². The minimum absolute atomic E-state index is 0.443. The van der Waals surface area contributed by atoms with E-state index in [1.165, 1.54) is 20.2 Å². The van der Waals surface area contributed by atoms with E-state index in [1.54, 1.807) is 23.3 Å². The Hall–Kier alpha value is -3.06. The molecule has 0 radical (unpaired) electrons. The van der Waals surface area contributed by atoms with Crippen molar-refractivity contribution in [2.75, 3.05) is 0 Å². The first-order valence-corrected chi connectivity index (χ1v) is 12.4. The van der Waals surface area contributed by atoms with E-state index in [2.05, 4.69) is 42.5 Å². The molecule has 3 aromatic carbocycles. The summed E-state index contributed by atoms with van der Waals surface area (Å²) in [6.07, 6.45) is 0.602. The van der Waals surface area contributed by atoms with Gasteiger partial charge in [0.2, 0.25) is 0 Å². The average molecular weight is 474 g/mol. The van der Waals surface area contributed by atoms with Crippen molar-refractivity contribution in [3.63, 3.8) is 0 Å². The number of carboxylic acid groups (broad SMARTS) is 1. The summed E-state index contributed by atoms with van der Waals surface area (Å²) in [5.41, 5.74) is 3.47. The number of carbonyl (C=O) groups is 1. The summed E-state index contributed by atoms with van der Waals surface area (Å²) in [7, 11) is 0. The SMILES string of the molecule is CCC(C(=O)O)N1Cc2sc(-c3ccc(-c4ccc(Oc5ccccc5)cc4)cc3)cc2S1. The first-order valence-electron chi connectivity index (χ1n) is 10.8. The number of hydrogen-bond acceptors (Lipinski definition) is 5. The Morgan fingerprint density at radius 3 is 2.15 bits per heavy atom. The molecule has 0 aliphatic carbocycles. The van der Waals surface area contributed by atoms with Crippen molar-refractivity contribution in [1.29, 1.82) is 0 Å². The number of para-hydroxylation sites is 1. The zero-order valence-corrected chi connectivity index (χ0v) is 19.7. The van der Waals surface area contributed by atoms with Gasteiger partial charge in [-0.1, -0.05) is 61.5 Å². The van der Waals surface area contributed by atoms with Crippen LogP contribution in [0.25, 0.3) is 21.6 Å². The number of nitrogens with zero attached hydrogens (tertiary/aromatic N) is 1. The molecule has 0 bridgehead atoms. The number of fused-ring (bicyclic) bond motifs is 1. The third-order valence-corrected chi connectivity index (χ3v) is 8.12. The summed E-state index contributed by atoms with van der Waals surface area (Å²) in [6.45, 7) is 2.60. The van der Waals surface area contributed by atoms with E-state index in [9.17, 15) is 9.90 Å². The van der Waals surface area contributed by atoms with Gasteiger partial charge in [-0.25, -0.2) is 4.31 Å². The number of rotatable bonds is 7. The highest BCUT2D eigenvalue weighted by atomic mass is 32.2. The van der Waals surface area contributed by atoms with E-state index in [0.29, 0.717) is 13.0 Å². The second-order valence-electron chi connectivity index (χ2n) is 7.84. The maximum atomic E-state index is 11.5. The van der Waals surface area contributed by atoms with Crippen LogP contribution in [0, 0.1) is 0 Å². The van der Waals surface area contributed by atoms with Gasteiger partial charge in [-0.2, -0.15) is 0 Å². The lowest BCUT2D eigenvalue weighted by molar-refractivity contribution is -0.141. The van der Waals surface area contributed by atoms with Gasteiger partial charge in [-0.05, 0) is 65.4 Å². The molecular weight excluding hydrogens is 450 g/mol. The number of carboxylic acids is 1. The summed E-state index contributed by atoms with van der Waals surface area (Å²) < 4.78 is 7.86. The standard InChI is InChI=1S/C27H23NO3S2/c1-2-23(27(29)30)28-17-26-25(33-28)16-24(32-26)20-10-8-18(9-11-20)19-12-14-22(15-13-19)31-21-6-4-3-5-7-21/h3-16,23H,2,17H2,1H3,(H,29,30). The van der Waals surface area contributed by atoms with Crippen molar-refractivity contribution in [2.24, 2.45) is 0 Å². The van der Waals surface area contributed by atoms with Gasteiger partial charge in [0.15, 0.2) is 0 Å². The molecule has 0 fully saturated rings. The van der Waals surface area contributed by atoms with Crippen LogP contribution in [0.2, 0.25) is 0 Å². The van der Waals surface area contributed by atoms with Gasteiger partial charge in [0.05, 0.1) is 0 Å². The molecule has 166 valence electrons. The topological polar surface area (TPSA) is 49.8 Å². The van der Waals surface area contributed by atoms with Crippen LogP contribution in [0.1, 0.15) is 18.2 Å². The highest BCUT2D eigenvalue weighted by molar-refractivity contribution is 7.97. The maximum absolute atomic E-state index is 11.5. The first kappa shape index (κ1) is 21.8. The van der Waals surface area contributed by atoms with Crippen molar-refractivity contribution in [1.82, 2.24) is 4.31 Å². The van der Waals surface area contributed by atoms with Crippen molar-refractivity contribution in [3.05, 3.63) is 89.8 Å². The minimum Gasteiger partial charge on any atom is -0.480 e. The smallest absolute Gasteiger partial charge is 0.321 e. The lowest BCUT2D eigenvalue weighted by Crippen LogP contribution is -2.33. The molecule has 5 rings (SSSR count). The fraction of sp³-hybridized carbons (Fsp3) is 0.148. The quantitative estimate of drug-likeness (QED) is 0.281. The molecule has 0 spiro atoms.